The first kappa shape index (κ1) is 13.8. The fourth-order valence-electron chi connectivity index (χ4n) is 1.70. The maximum atomic E-state index is 11.7. The maximum absolute atomic E-state index is 11.7. The molecule has 1 aliphatic heterocycles. The van der Waals surface area contributed by atoms with Crippen molar-refractivity contribution >= 4 is 12.0 Å². The summed E-state index contributed by atoms with van der Waals surface area (Å²) in [4.78, 5) is 26.5. The third-order valence-electron chi connectivity index (χ3n) is 2.66. The predicted octanol–water partition coefficient (Wildman–Crippen LogP) is -0.0845. The number of amides is 2. The zero-order valence-electron chi connectivity index (χ0n) is 10.4. The number of hydrogen-bond donors (Lipinski definition) is 1. The molecule has 0 atom stereocenters. The Labute approximate surface area is 101 Å². The summed E-state index contributed by atoms with van der Waals surface area (Å²) in [5.74, 6) is 0.108. The lowest BCUT2D eigenvalue weighted by molar-refractivity contribution is -0.136. The van der Waals surface area contributed by atoms with Crippen LogP contribution in [-0.4, -0.2) is 66.3 Å². The van der Waals surface area contributed by atoms with Crippen LogP contribution in [0.3, 0.4) is 0 Å². The molecule has 0 aromatic rings. The topological polar surface area (TPSA) is 70.1 Å². The van der Waals surface area contributed by atoms with Gasteiger partial charge in [0, 0.05) is 32.1 Å². The van der Waals surface area contributed by atoms with Crippen molar-refractivity contribution in [2.75, 3.05) is 39.4 Å². The number of piperazine rings is 1. The summed E-state index contributed by atoms with van der Waals surface area (Å²) in [5, 5.41) is 8.54. The van der Waals surface area contributed by atoms with Gasteiger partial charge in [-0.25, -0.2) is 4.79 Å². The second kappa shape index (κ2) is 6.44. The molecule has 0 aromatic carbocycles. The van der Waals surface area contributed by atoms with Gasteiger partial charge in [0.15, 0.2) is 0 Å². The lowest BCUT2D eigenvalue weighted by Crippen LogP contribution is -2.51. The molecule has 6 nitrogen and oxygen atoms in total. The monoisotopic (exact) mass is 244 g/mol. The summed E-state index contributed by atoms with van der Waals surface area (Å²) in [7, 11) is 0. The first-order valence-corrected chi connectivity index (χ1v) is 5.87. The number of hydrogen-bond acceptors (Lipinski definition) is 4. The number of ether oxygens (including phenoxy) is 1. The average molecular weight is 244 g/mol. The van der Waals surface area contributed by atoms with Gasteiger partial charge in [-0.1, -0.05) is 13.8 Å². The molecule has 0 bridgehead atoms. The van der Waals surface area contributed by atoms with Crippen LogP contribution in [-0.2, 0) is 9.53 Å². The Morgan fingerprint density at radius 2 is 1.71 bits per heavy atom. The minimum atomic E-state index is -0.421. The zero-order chi connectivity index (χ0) is 12.8. The summed E-state index contributed by atoms with van der Waals surface area (Å²) >= 11 is 0. The van der Waals surface area contributed by atoms with Crippen LogP contribution in [0.25, 0.3) is 0 Å². The molecule has 1 rings (SSSR count). The van der Waals surface area contributed by atoms with Gasteiger partial charge >= 0.3 is 6.09 Å². The summed E-state index contributed by atoms with van der Waals surface area (Å²) in [5.41, 5.74) is 0. The van der Waals surface area contributed by atoms with E-state index in [0.29, 0.717) is 26.2 Å². The van der Waals surface area contributed by atoms with E-state index in [4.69, 9.17) is 9.84 Å². The average Bonchev–Trinajstić information content (AvgIpc) is 2.35. The van der Waals surface area contributed by atoms with Crippen LogP contribution in [0.15, 0.2) is 0 Å². The Balaban J connectivity index is 2.35. The van der Waals surface area contributed by atoms with Crippen molar-refractivity contribution in [2.45, 2.75) is 13.8 Å². The fraction of sp³-hybridized carbons (Fsp3) is 0.818. The number of aliphatic hydroxyl groups is 1. The van der Waals surface area contributed by atoms with Crippen molar-refractivity contribution in [3.05, 3.63) is 0 Å². The maximum Gasteiger partial charge on any atom is 0.409 e. The third-order valence-corrected chi connectivity index (χ3v) is 2.66. The zero-order valence-corrected chi connectivity index (χ0v) is 10.4. The number of nitrogens with zero attached hydrogens (tertiary/aromatic N) is 2. The molecule has 1 fully saturated rings. The van der Waals surface area contributed by atoms with Crippen molar-refractivity contribution < 1.29 is 19.4 Å². The summed E-state index contributed by atoms with van der Waals surface area (Å²) in [6, 6.07) is 0. The van der Waals surface area contributed by atoms with E-state index in [1.165, 1.54) is 0 Å². The summed E-state index contributed by atoms with van der Waals surface area (Å²) < 4.78 is 4.81. The van der Waals surface area contributed by atoms with Crippen molar-refractivity contribution in [2.24, 2.45) is 5.92 Å². The highest BCUT2D eigenvalue weighted by molar-refractivity contribution is 5.78. The molecule has 0 aliphatic carbocycles. The summed E-state index contributed by atoms with van der Waals surface area (Å²) in [6.45, 7) is 5.65. The van der Waals surface area contributed by atoms with Gasteiger partial charge in [-0.15, -0.1) is 0 Å². The van der Waals surface area contributed by atoms with Gasteiger partial charge in [-0.3, -0.25) is 4.79 Å². The molecule has 0 aromatic heterocycles. The van der Waals surface area contributed by atoms with E-state index in [2.05, 4.69) is 0 Å². The largest absolute Gasteiger partial charge is 0.447 e. The lowest BCUT2D eigenvalue weighted by Gasteiger charge is -2.34. The minimum absolute atomic E-state index is 0.0112. The standard InChI is InChI=1S/C11H20N2O4/c1-9(2)10(15)12-3-5-13(6-4-12)11(16)17-8-7-14/h9,14H,3-8H2,1-2H3. The van der Waals surface area contributed by atoms with Crippen LogP contribution in [0.5, 0.6) is 0 Å². The quantitative estimate of drug-likeness (QED) is 0.753. The minimum Gasteiger partial charge on any atom is -0.447 e. The molecule has 1 heterocycles. The molecule has 1 saturated heterocycles. The second-order valence-electron chi connectivity index (χ2n) is 4.31. The number of carbonyl (C=O) groups is 2. The molecule has 17 heavy (non-hydrogen) atoms. The van der Waals surface area contributed by atoms with E-state index in [1.807, 2.05) is 13.8 Å². The first-order valence-electron chi connectivity index (χ1n) is 5.87. The van der Waals surface area contributed by atoms with Crippen LogP contribution >= 0.6 is 0 Å². The summed E-state index contributed by atoms with van der Waals surface area (Å²) in [6.07, 6.45) is -0.421. The molecule has 2 amide bonds. The van der Waals surface area contributed by atoms with Gasteiger partial charge in [0.1, 0.15) is 6.61 Å². The normalized spacial score (nSPS) is 16.2. The lowest BCUT2D eigenvalue weighted by atomic mass is 10.1. The predicted molar refractivity (Wildman–Crippen MR) is 61.4 cm³/mol. The Hall–Kier alpha value is -1.30. The highest BCUT2D eigenvalue weighted by atomic mass is 16.6. The fourth-order valence-corrected chi connectivity index (χ4v) is 1.70. The van der Waals surface area contributed by atoms with Crippen LogP contribution in [0.1, 0.15) is 13.8 Å². The Kier molecular flexibility index (Phi) is 5.21. The molecule has 0 spiro atoms. The first-order chi connectivity index (χ1) is 8.06. The molecule has 98 valence electrons. The van der Waals surface area contributed by atoms with Gasteiger partial charge in [0.05, 0.1) is 6.61 Å². The van der Waals surface area contributed by atoms with Crippen molar-refractivity contribution in [1.82, 2.24) is 9.80 Å². The molecule has 0 radical (unpaired) electrons. The van der Waals surface area contributed by atoms with E-state index in [-0.39, 0.29) is 25.0 Å². The van der Waals surface area contributed by atoms with Gasteiger partial charge in [0.25, 0.3) is 0 Å². The van der Waals surface area contributed by atoms with E-state index in [1.54, 1.807) is 9.80 Å². The molecule has 6 heteroatoms. The molecular formula is C11H20N2O4. The Bertz CT molecular complexity index is 273. The third kappa shape index (κ3) is 3.89. The SMILES string of the molecule is CC(C)C(=O)N1CCN(C(=O)OCCO)CC1. The van der Waals surface area contributed by atoms with Crippen LogP contribution in [0, 0.1) is 5.92 Å². The number of rotatable bonds is 3. The molecular weight excluding hydrogens is 224 g/mol. The molecule has 0 saturated carbocycles. The van der Waals surface area contributed by atoms with Gasteiger partial charge in [-0.2, -0.15) is 0 Å². The van der Waals surface area contributed by atoms with Crippen LogP contribution < -0.4 is 0 Å². The van der Waals surface area contributed by atoms with E-state index in [0.717, 1.165) is 0 Å². The molecule has 0 unspecified atom stereocenters. The second-order valence-corrected chi connectivity index (χ2v) is 4.31. The van der Waals surface area contributed by atoms with Crippen LogP contribution in [0.2, 0.25) is 0 Å². The van der Waals surface area contributed by atoms with Crippen molar-refractivity contribution in [3.63, 3.8) is 0 Å². The van der Waals surface area contributed by atoms with E-state index < -0.39 is 6.09 Å². The Morgan fingerprint density at radius 3 is 2.18 bits per heavy atom. The van der Waals surface area contributed by atoms with Crippen molar-refractivity contribution in [3.8, 4) is 0 Å². The highest BCUT2D eigenvalue weighted by Crippen LogP contribution is 2.07. The van der Waals surface area contributed by atoms with Gasteiger partial charge in [0.2, 0.25) is 5.91 Å². The van der Waals surface area contributed by atoms with Crippen molar-refractivity contribution in [1.29, 1.82) is 0 Å². The Morgan fingerprint density at radius 1 is 1.18 bits per heavy atom. The van der Waals surface area contributed by atoms with E-state index in [9.17, 15) is 9.59 Å². The highest BCUT2D eigenvalue weighted by Gasteiger charge is 2.25. The smallest absolute Gasteiger partial charge is 0.409 e. The van der Waals surface area contributed by atoms with Gasteiger partial charge < -0.3 is 19.6 Å². The van der Waals surface area contributed by atoms with Gasteiger partial charge in [-0.05, 0) is 0 Å². The molecule has 1 N–H and O–H groups in total. The molecule has 1 aliphatic rings. The number of aliphatic hydroxyl groups excluding tert-OH is 1. The number of carbonyl (C=O) groups excluding carboxylic acids is 2. The van der Waals surface area contributed by atoms with Crippen LogP contribution in [0.4, 0.5) is 4.79 Å². The van der Waals surface area contributed by atoms with E-state index >= 15 is 0 Å².